The van der Waals surface area contributed by atoms with Crippen molar-refractivity contribution in [2.24, 2.45) is 4.40 Å². The lowest BCUT2D eigenvalue weighted by Crippen LogP contribution is -2.22. The van der Waals surface area contributed by atoms with Gasteiger partial charge in [0.1, 0.15) is 0 Å². The molecule has 0 radical (unpaired) electrons. The number of rotatable bonds is 3. The summed E-state index contributed by atoms with van der Waals surface area (Å²) in [6, 6.07) is 15.6. The fraction of sp³-hybridized carbons (Fsp3) is 0. The second-order valence-corrected chi connectivity index (χ2v) is 10.2. The molecule has 4 nitrogen and oxygen atoms in total. The summed E-state index contributed by atoms with van der Waals surface area (Å²) in [7, 11) is -4.11. The maximum atomic E-state index is 12.7. The molecule has 0 amide bonds. The van der Waals surface area contributed by atoms with Gasteiger partial charge in [0.15, 0.2) is 0 Å². The van der Waals surface area contributed by atoms with Gasteiger partial charge in [0.25, 0.3) is 10.0 Å². The van der Waals surface area contributed by atoms with Gasteiger partial charge < -0.3 is 5.11 Å². The predicted octanol–water partition coefficient (Wildman–Crippen LogP) is 4.15. The molecule has 0 aliphatic carbocycles. The van der Waals surface area contributed by atoms with Crippen molar-refractivity contribution in [1.82, 2.24) is 0 Å². The molecule has 0 saturated carbocycles. The molecular formula is C17H9I3NO3S-. The van der Waals surface area contributed by atoms with E-state index < -0.39 is 15.9 Å². The van der Waals surface area contributed by atoms with Crippen LogP contribution in [-0.2, 0) is 10.0 Å². The minimum Gasteiger partial charge on any atom is -0.858 e. The quantitative estimate of drug-likeness (QED) is 0.180. The first-order valence-electron chi connectivity index (χ1n) is 6.94. The smallest absolute Gasteiger partial charge is 0.282 e. The van der Waals surface area contributed by atoms with Crippen molar-refractivity contribution in [3.63, 3.8) is 0 Å². The van der Waals surface area contributed by atoms with Gasteiger partial charge in [0.2, 0.25) is 0 Å². The molecule has 128 valence electrons. The highest BCUT2D eigenvalue weighted by molar-refractivity contribution is 14.1. The van der Waals surface area contributed by atoms with Crippen LogP contribution >= 0.6 is 67.8 Å². The first kappa shape index (κ1) is 19.3. The molecule has 3 aromatic carbocycles. The first-order valence-corrected chi connectivity index (χ1v) is 11.6. The third-order valence-corrected chi connectivity index (χ3v) is 8.44. The minimum absolute atomic E-state index is 0.0364. The van der Waals surface area contributed by atoms with Crippen LogP contribution in [0.1, 0.15) is 5.56 Å². The second-order valence-electron chi connectivity index (χ2n) is 5.10. The van der Waals surface area contributed by atoms with Gasteiger partial charge in [-0.1, -0.05) is 36.4 Å². The number of hydrogen-bond acceptors (Lipinski definition) is 3. The van der Waals surface area contributed by atoms with E-state index in [1.165, 1.54) is 6.07 Å². The Labute approximate surface area is 186 Å². The average Bonchev–Trinajstić information content (AvgIpc) is 2.57. The molecule has 0 aliphatic rings. The molecule has 3 rings (SSSR count). The van der Waals surface area contributed by atoms with Crippen LogP contribution in [0.25, 0.3) is 10.8 Å². The lowest BCUT2D eigenvalue weighted by Gasteiger charge is -2.15. The zero-order chi connectivity index (χ0) is 18.2. The van der Waals surface area contributed by atoms with Gasteiger partial charge in [0.05, 0.1) is 4.90 Å². The largest absolute Gasteiger partial charge is 0.858 e. The van der Waals surface area contributed by atoms with Crippen LogP contribution in [0.4, 0.5) is 0 Å². The van der Waals surface area contributed by atoms with Crippen LogP contribution < -0.4 is 5.11 Å². The normalized spacial score (nSPS) is 12.5. The van der Waals surface area contributed by atoms with Crippen LogP contribution in [0.5, 0.6) is 0 Å². The van der Waals surface area contributed by atoms with E-state index >= 15 is 0 Å². The van der Waals surface area contributed by atoms with Crippen LogP contribution in [0, 0.1) is 10.7 Å². The van der Waals surface area contributed by atoms with Crippen LogP contribution in [0.3, 0.4) is 0 Å². The van der Waals surface area contributed by atoms with Gasteiger partial charge in [-0.3, -0.25) is 0 Å². The van der Waals surface area contributed by atoms with E-state index in [-0.39, 0.29) is 4.90 Å². The summed E-state index contributed by atoms with van der Waals surface area (Å²) in [4.78, 5) is 0.0364. The van der Waals surface area contributed by atoms with Gasteiger partial charge in [-0.15, -0.1) is 0 Å². The van der Waals surface area contributed by atoms with E-state index in [0.29, 0.717) is 14.5 Å². The summed E-state index contributed by atoms with van der Waals surface area (Å²) in [6.07, 6.45) is 0. The summed E-state index contributed by atoms with van der Waals surface area (Å²) in [5, 5.41) is 13.9. The molecule has 0 saturated heterocycles. The van der Waals surface area contributed by atoms with Crippen LogP contribution in [-0.4, -0.2) is 14.3 Å². The van der Waals surface area contributed by atoms with Crippen molar-refractivity contribution in [3.05, 3.63) is 70.9 Å². The Morgan fingerprint density at radius 1 is 0.960 bits per heavy atom. The molecule has 0 atom stereocenters. The van der Waals surface area contributed by atoms with Gasteiger partial charge in [-0.2, -0.15) is 12.8 Å². The highest BCUT2D eigenvalue weighted by Gasteiger charge is 2.17. The van der Waals surface area contributed by atoms with Gasteiger partial charge >= 0.3 is 0 Å². The Morgan fingerprint density at radius 2 is 1.64 bits per heavy atom. The van der Waals surface area contributed by atoms with E-state index in [1.54, 1.807) is 24.3 Å². The number of benzene rings is 3. The number of sulfonamides is 1. The monoisotopic (exact) mass is 688 g/mol. The van der Waals surface area contributed by atoms with Crippen molar-refractivity contribution in [1.29, 1.82) is 0 Å². The Hall–Kier alpha value is -0.470. The summed E-state index contributed by atoms with van der Waals surface area (Å²) in [6.45, 7) is 0. The maximum absolute atomic E-state index is 12.7. The highest BCUT2D eigenvalue weighted by atomic mass is 127. The van der Waals surface area contributed by atoms with Crippen molar-refractivity contribution in [2.45, 2.75) is 4.90 Å². The molecule has 0 spiro atoms. The zero-order valence-corrected chi connectivity index (χ0v) is 19.7. The zero-order valence-electron chi connectivity index (χ0n) is 12.4. The highest BCUT2D eigenvalue weighted by Crippen LogP contribution is 2.26. The van der Waals surface area contributed by atoms with E-state index in [0.717, 1.165) is 12.5 Å². The molecule has 0 aromatic heterocycles. The van der Waals surface area contributed by atoms with Crippen molar-refractivity contribution in [3.8, 4) is 0 Å². The van der Waals surface area contributed by atoms with E-state index in [9.17, 15) is 13.5 Å². The summed E-state index contributed by atoms with van der Waals surface area (Å²) < 4.78 is 31.4. The molecular weight excluding hydrogens is 679 g/mol. The van der Waals surface area contributed by atoms with E-state index in [1.807, 2.05) is 46.9 Å². The number of nitrogens with zero attached hydrogens (tertiary/aromatic N) is 1. The van der Waals surface area contributed by atoms with Crippen molar-refractivity contribution in [2.75, 3.05) is 0 Å². The Kier molecular flexibility index (Phi) is 5.90. The van der Waals surface area contributed by atoms with Crippen LogP contribution in [0.15, 0.2) is 63.9 Å². The van der Waals surface area contributed by atoms with Gasteiger partial charge in [0, 0.05) is 27.6 Å². The summed E-state index contributed by atoms with van der Waals surface area (Å²) in [5.41, 5.74) is 0.292. The maximum Gasteiger partial charge on any atom is 0.282 e. The first-order chi connectivity index (χ1) is 11.8. The fourth-order valence-corrected chi connectivity index (χ4v) is 5.86. The molecule has 0 heterocycles. The Bertz CT molecular complexity index is 1110. The SMILES string of the molecule is O=S(=O)(/N=C(\[O-])c1cc(I)cc(I)c1I)c1cccc2ccccc12. The van der Waals surface area contributed by atoms with Crippen LogP contribution in [0.2, 0.25) is 0 Å². The molecule has 8 heteroatoms. The number of halogens is 3. The molecule has 0 unspecified atom stereocenters. The molecule has 25 heavy (non-hydrogen) atoms. The van der Waals surface area contributed by atoms with E-state index in [4.69, 9.17) is 0 Å². The number of hydrogen-bond donors (Lipinski definition) is 0. The second kappa shape index (κ2) is 7.64. The minimum atomic E-state index is -4.11. The molecule has 0 aliphatic heterocycles. The Balaban J connectivity index is 2.17. The third-order valence-electron chi connectivity index (χ3n) is 3.45. The molecule has 0 N–H and O–H groups in total. The third kappa shape index (κ3) is 4.11. The summed E-state index contributed by atoms with van der Waals surface area (Å²) >= 11 is 6.23. The molecule has 0 fully saturated rings. The lowest BCUT2D eigenvalue weighted by molar-refractivity contribution is -0.212. The van der Waals surface area contributed by atoms with Gasteiger partial charge in [-0.25, -0.2) is 0 Å². The van der Waals surface area contributed by atoms with E-state index in [2.05, 4.69) is 49.6 Å². The average molecular weight is 688 g/mol. The molecule has 0 bridgehead atoms. The van der Waals surface area contributed by atoms with Gasteiger partial charge in [-0.05, 0) is 91.4 Å². The Morgan fingerprint density at radius 3 is 2.40 bits per heavy atom. The standard InChI is InChI=1S/C17H10I3NO3S/c18-11-8-13(16(20)14(19)9-11)17(22)21-25(23,24)15-7-3-5-10-4-1-2-6-12(10)15/h1-9H,(H,21,22)/p-1. The van der Waals surface area contributed by atoms with Crippen molar-refractivity contribution < 1.29 is 13.5 Å². The molecule has 3 aromatic rings. The number of fused-ring (bicyclic) bond motifs is 1. The lowest BCUT2D eigenvalue weighted by atomic mass is 10.1. The predicted molar refractivity (Wildman–Crippen MR) is 122 cm³/mol. The summed E-state index contributed by atoms with van der Waals surface area (Å²) in [5.74, 6) is -0.756. The topological polar surface area (TPSA) is 69.6 Å². The van der Waals surface area contributed by atoms with Crippen molar-refractivity contribution >= 4 is 94.5 Å². The fourth-order valence-electron chi connectivity index (χ4n) is 2.34.